The van der Waals surface area contributed by atoms with Gasteiger partial charge in [0, 0.05) is 18.0 Å². The summed E-state index contributed by atoms with van der Waals surface area (Å²) in [5.74, 6) is 0.682. The zero-order valence-electron chi connectivity index (χ0n) is 18.2. The van der Waals surface area contributed by atoms with Gasteiger partial charge in [0.05, 0.1) is 11.9 Å². The summed E-state index contributed by atoms with van der Waals surface area (Å²) in [5, 5.41) is 0.663. The van der Waals surface area contributed by atoms with E-state index in [1.54, 1.807) is 15.9 Å². The molecule has 2 heterocycles. The molecule has 1 amide bonds. The van der Waals surface area contributed by atoms with E-state index in [0.29, 0.717) is 17.8 Å². The molecule has 28 heavy (non-hydrogen) atoms. The largest absolute Gasteiger partial charge is 0.341 e. The molecule has 0 N–H and O–H groups in total. The topological polar surface area (TPSA) is 58.4 Å². The fourth-order valence-corrected chi connectivity index (χ4v) is 4.48. The maximum Gasteiger partial charge on any atom is 0.263 e. The Kier molecular flexibility index (Phi) is 8.19. The van der Waals surface area contributed by atoms with Gasteiger partial charge in [-0.05, 0) is 45.3 Å². The van der Waals surface area contributed by atoms with Crippen molar-refractivity contribution in [2.24, 2.45) is 0 Å². The number of rotatable bonds is 10. The van der Waals surface area contributed by atoms with E-state index in [9.17, 15) is 9.59 Å². The van der Waals surface area contributed by atoms with Crippen LogP contribution in [-0.2, 0) is 17.9 Å². The molecule has 0 saturated heterocycles. The Morgan fingerprint density at radius 3 is 2.21 bits per heavy atom. The monoisotopic (exact) mass is 406 g/mol. The summed E-state index contributed by atoms with van der Waals surface area (Å²) in [5.41, 5.74) is 0.891. The summed E-state index contributed by atoms with van der Waals surface area (Å²) < 4.78 is 1.61. The molecule has 0 saturated carbocycles. The van der Waals surface area contributed by atoms with Gasteiger partial charge >= 0.3 is 0 Å². The third kappa shape index (κ3) is 4.81. The van der Waals surface area contributed by atoms with Gasteiger partial charge in [-0.15, -0.1) is 11.3 Å². The average Bonchev–Trinajstić information content (AvgIpc) is 2.96. The van der Waals surface area contributed by atoms with E-state index < -0.39 is 0 Å². The summed E-state index contributed by atoms with van der Waals surface area (Å²) in [6.07, 6.45) is 1.82. The first-order valence-corrected chi connectivity index (χ1v) is 11.2. The molecule has 7 heteroatoms. The van der Waals surface area contributed by atoms with Crippen LogP contribution in [0.1, 0.15) is 56.8 Å². The van der Waals surface area contributed by atoms with Crippen LogP contribution in [0, 0.1) is 13.8 Å². The quantitative estimate of drug-likeness (QED) is 0.605. The van der Waals surface area contributed by atoms with Crippen molar-refractivity contribution in [1.82, 2.24) is 19.4 Å². The predicted molar refractivity (Wildman–Crippen MR) is 117 cm³/mol. The Morgan fingerprint density at radius 2 is 1.68 bits per heavy atom. The van der Waals surface area contributed by atoms with Crippen molar-refractivity contribution in [1.29, 1.82) is 0 Å². The molecule has 0 aliphatic carbocycles. The number of hydrogen-bond acceptors (Lipinski definition) is 5. The molecule has 0 aromatic carbocycles. The van der Waals surface area contributed by atoms with Crippen LogP contribution in [-0.4, -0.2) is 51.4 Å². The third-order valence-corrected chi connectivity index (χ3v) is 6.36. The van der Waals surface area contributed by atoms with Crippen molar-refractivity contribution in [3.8, 4) is 0 Å². The van der Waals surface area contributed by atoms with E-state index in [1.807, 2.05) is 18.7 Å². The smallest absolute Gasteiger partial charge is 0.263 e. The lowest BCUT2D eigenvalue weighted by atomic mass is 10.2. The second-order valence-corrected chi connectivity index (χ2v) is 8.43. The zero-order chi connectivity index (χ0) is 20.8. The highest BCUT2D eigenvalue weighted by atomic mass is 32.1. The molecule has 0 unspecified atom stereocenters. The number of carbonyl (C=O) groups is 1. The number of hydrogen-bond donors (Lipinski definition) is 0. The highest BCUT2D eigenvalue weighted by Crippen LogP contribution is 2.26. The molecular formula is C21H34N4O2S. The second-order valence-electron chi connectivity index (χ2n) is 7.22. The third-order valence-electron chi connectivity index (χ3n) is 5.26. The molecule has 0 fully saturated rings. The van der Waals surface area contributed by atoms with Gasteiger partial charge in [-0.3, -0.25) is 19.1 Å². The van der Waals surface area contributed by atoms with E-state index in [4.69, 9.17) is 4.98 Å². The number of amides is 1. The lowest BCUT2D eigenvalue weighted by molar-refractivity contribution is -0.132. The molecule has 0 bridgehead atoms. The van der Waals surface area contributed by atoms with Crippen LogP contribution >= 0.6 is 11.3 Å². The van der Waals surface area contributed by atoms with Crippen LogP contribution in [0.25, 0.3) is 10.2 Å². The van der Waals surface area contributed by atoms with Crippen molar-refractivity contribution in [2.75, 3.05) is 26.2 Å². The van der Waals surface area contributed by atoms with Crippen molar-refractivity contribution in [3.05, 3.63) is 26.6 Å². The number of aromatic nitrogens is 2. The van der Waals surface area contributed by atoms with Gasteiger partial charge in [-0.2, -0.15) is 0 Å². The van der Waals surface area contributed by atoms with E-state index in [-0.39, 0.29) is 18.0 Å². The fraction of sp³-hybridized carbons (Fsp3) is 0.667. The van der Waals surface area contributed by atoms with E-state index >= 15 is 0 Å². The lowest BCUT2D eigenvalue weighted by Gasteiger charge is -2.24. The first-order chi connectivity index (χ1) is 13.4. The van der Waals surface area contributed by atoms with E-state index in [2.05, 4.69) is 32.6 Å². The minimum absolute atomic E-state index is 0.00245. The summed E-state index contributed by atoms with van der Waals surface area (Å²) in [6, 6.07) is 0. The Balaban J connectivity index is 2.53. The van der Waals surface area contributed by atoms with Crippen LogP contribution in [0.5, 0.6) is 0 Å². The molecule has 2 aromatic heterocycles. The standard InChI is InChI=1S/C21H34N4O2S/c1-7-11-24(12-8-2)18(26)14-25-17(13-23(9-3)10-4)22-20-19(21(25)27)15(5)16(6)28-20/h7-14H2,1-6H3. The Bertz CT molecular complexity index is 861. The maximum absolute atomic E-state index is 13.4. The van der Waals surface area contributed by atoms with Crippen LogP contribution in [0.4, 0.5) is 0 Å². The van der Waals surface area contributed by atoms with E-state index in [1.165, 1.54) is 0 Å². The van der Waals surface area contributed by atoms with E-state index in [0.717, 1.165) is 54.3 Å². The minimum Gasteiger partial charge on any atom is -0.341 e. The Morgan fingerprint density at radius 1 is 1.07 bits per heavy atom. The molecule has 2 aromatic rings. The normalized spacial score (nSPS) is 11.5. The Labute approximate surface area is 172 Å². The number of carbonyl (C=O) groups excluding carboxylic acids is 1. The molecule has 6 nitrogen and oxygen atoms in total. The Hall–Kier alpha value is -1.73. The molecule has 0 radical (unpaired) electrons. The van der Waals surface area contributed by atoms with Crippen LogP contribution in [0.2, 0.25) is 0 Å². The minimum atomic E-state index is -0.0877. The molecule has 156 valence electrons. The van der Waals surface area contributed by atoms with Crippen molar-refractivity contribution >= 4 is 27.5 Å². The number of aryl methyl sites for hydroxylation is 2. The van der Waals surface area contributed by atoms with Crippen LogP contribution in [0.15, 0.2) is 4.79 Å². The van der Waals surface area contributed by atoms with Gasteiger partial charge in [-0.1, -0.05) is 27.7 Å². The van der Waals surface area contributed by atoms with Gasteiger partial charge < -0.3 is 4.90 Å². The van der Waals surface area contributed by atoms with Crippen LogP contribution < -0.4 is 5.56 Å². The maximum atomic E-state index is 13.4. The van der Waals surface area contributed by atoms with Crippen molar-refractivity contribution < 1.29 is 4.79 Å². The SMILES string of the molecule is CCCN(CCC)C(=O)Cn1c(CN(CC)CC)nc2sc(C)c(C)c2c1=O. The summed E-state index contributed by atoms with van der Waals surface area (Å²) in [6.45, 7) is 16.1. The average molecular weight is 407 g/mol. The zero-order valence-corrected chi connectivity index (χ0v) is 19.0. The molecule has 0 aliphatic rings. The molecule has 0 aliphatic heterocycles. The lowest BCUT2D eigenvalue weighted by Crippen LogP contribution is -2.39. The molecule has 2 rings (SSSR count). The van der Waals surface area contributed by atoms with Crippen molar-refractivity contribution in [2.45, 2.75) is 67.5 Å². The second kappa shape index (κ2) is 10.2. The van der Waals surface area contributed by atoms with Gasteiger partial charge in [0.15, 0.2) is 0 Å². The van der Waals surface area contributed by atoms with Gasteiger partial charge in [0.1, 0.15) is 17.2 Å². The summed E-state index contributed by atoms with van der Waals surface area (Å²) in [7, 11) is 0. The molecule has 0 spiro atoms. The molecule has 0 atom stereocenters. The summed E-state index contributed by atoms with van der Waals surface area (Å²) >= 11 is 1.56. The number of thiophene rings is 1. The highest BCUT2D eigenvalue weighted by Gasteiger charge is 2.21. The highest BCUT2D eigenvalue weighted by molar-refractivity contribution is 7.18. The van der Waals surface area contributed by atoms with Gasteiger partial charge in [0.25, 0.3) is 5.56 Å². The molecular weight excluding hydrogens is 372 g/mol. The predicted octanol–water partition coefficient (Wildman–Crippen LogP) is 3.57. The number of nitrogens with zero attached hydrogens (tertiary/aromatic N) is 4. The fourth-order valence-electron chi connectivity index (χ4n) is 3.44. The first kappa shape index (κ1) is 22.6. The number of fused-ring (bicyclic) bond motifs is 1. The summed E-state index contributed by atoms with van der Waals surface area (Å²) in [4.78, 5) is 37.1. The van der Waals surface area contributed by atoms with Crippen LogP contribution in [0.3, 0.4) is 0 Å². The van der Waals surface area contributed by atoms with Gasteiger partial charge in [0.2, 0.25) is 5.91 Å². The van der Waals surface area contributed by atoms with Crippen molar-refractivity contribution in [3.63, 3.8) is 0 Å². The van der Waals surface area contributed by atoms with Gasteiger partial charge in [-0.25, -0.2) is 4.98 Å². The first-order valence-electron chi connectivity index (χ1n) is 10.4.